The first-order valence-corrected chi connectivity index (χ1v) is 9.71. The van der Waals surface area contributed by atoms with Gasteiger partial charge in [-0.25, -0.2) is 9.59 Å². The van der Waals surface area contributed by atoms with Crippen LogP contribution in [0.2, 0.25) is 0 Å². The molecule has 2 aliphatic carbocycles. The maximum atomic E-state index is 12.3. The van der Waals surface area contributed by atoms with Crippen LogP contribution in [0.1, 0.15) is 53.9 Å². The summed E-state index contributed by atoms with van der Waals surface area (Å²) in [6.45, 7) is 8.85. The first-order valence-electron chi connectivity index (χ1n) is 9.71. The van der Waals surface area contributed by atoms with Crippen LogP contribution in [-0.2, 0) is 23.8 Å². The average molecular weight is 394 g/mol. The maximum absolute atomic E-state index is 12.3. The van der Waals surface area contributed by atoms with Crippen LogP contribution in [0.15, 0.2) is 22.8 Å². The zero-order valence-electron chi connectivity index (χ0n) is 17.4. The summed E-state index contributed by atoms with van der Waals surface area (Å²) < 4.78 is 16.7. The van der Waals surface area contributed by atoms with Crippen molar-refractivity contribution >= 4 is 11.9 Å². The number of aliphatic hydroxyl groups is 2. The molecule has 6 atom stereocenters. The van der Waals surface area contributed by atoms with Gasteiger partial charge in [0, 0.05) is 41.6 Å². The van der Waals surface area contributed by atoms with Crippen molar-refractivity contribution in [2.75, 3.05) is 7.11 Å². The highest BCUT2D eigenvalue weighted by atomic mass is 16.7. The van der Waals surface area contributed by atoms with E-state index in [0.29, 0.717) is 23.1 Å². The highest BCUT2D eigenvalue weighted by Gasteiger charge is 2.70. The fourth-order valence-corrected chi connectivity index (χ4v) is 5.26. The molecule has 2 fully saturated rings. The van der Waals surface area contributed by atoms with Crippen LogP contribution in [-0.4, -0.2) is 52.9 Å². The lowest BCUT2D eigenvalue weighted by molar-refractivity contribution is -0.286. The van der Waals surface area contributed by atoms with Crippen molar-refractivity contribution in [2.24, 2.45) is 11.3 Å². The minimum Gasteiger partial charge on any atom is -0.459 e. The molecule has 0 spiro atoms. The largest absolute Gasteiger partial charge is 0.459 e. The molecule has 7 nitrogen and oxygen atoms in total. The van der Waals surface area contributed by atoms with Gasteiger partial charge in [-0.15, -0.1) is 0 Å². The van der Waals surface area contributed by atoms with Crippen molar-refractivity contribution in [3.63, 3.8) is 0 Å². The van der Waals surface area contributed by atoms with E-state index < -0.39 is 35.0 Å². The van der Waals surface area contributed by atoms with E-state index in [0.717, 1.165) is 0 Å². The van der Waals surface area contributed by atoms with Crippen LogP contribution in [0.3, 0.4) is 0 Å². The highest BCUT2D eigenvalue weighted by molar-refractivity contribution is 5.92. The zero-order valence-corrected chi connectivity index (χ0v) is 17.4. The summed E-state index contributed by atoms with van der Waals surface area (Å²) in [5.41, 5.74) is -1.07. The molecular formula is C21H30O7. The molecule has 6 unspecified atom stereocenters. The molecule has 7 heteroatoms. The van der Waals surface area contributed by atoms with E-state index in [4.69, 9.17) is 14.2 Å². The van der Waals surface area contributed by atoms with E-state index in [1.165, 1.54) is 7.11 Å². The van der Waals surface area contributed by atoms with E-state index in [-0.39, 0.29) is 24.7 Å². The second-order valence-electron chi connectivity index (χ2n) is 8.56. The van der Waals surface area contributed by atoms with Gasteiger partial charge in [0.15, 0.2) is 0 Å². The third-order valence-electron chi connectivity index (χ3n) is 7.33. The molecule has 0 bridgehead atoms. The van der Waals surface area contributed by atoms with Crippen LogP contribution in [0.5, 0.6) is 0 Å². The minimum absolute atomic E-state index is 0.131. The Labute approximate surface area is 165 Å². The van der Waals surface area contributed by atoms with Gasteiger partial charge in [-0.05, 0) is 33.6 Å². The lowest BCUT2D eigenvalue weighted by Gasteiger charge is -2.62. The summed E-state index contributed by atoms with van der Waals surface area (Å²) in [5, 5.41) is 22.6. The minimum atomic E-state index is -1.87. The molecule has 2 saturated carbocycles. The molecule has 3 aliphatic rings. The van der Waals surface area contributed by atoms with Crippen LogP contribution >= 0.6 is 0 Å². The van der Waals surface area contributed by atoms with Gasteiger partial charge < -0.3 is 24.4 Å². The van der Waals surface area contributed by atoms with Crippen molar-refractivity contribution in [3.8, 4) is 0 Å². The number of fused-ring (bicyclic) bond motifs is 2. The normalized spacial score (nSPS) is 43.4. The highest BCUT2D eigenvalue weighted by Crippen LogP contribution is 2.62. The molecule has 1 aliphatic heterocycles. The molecule has 1 heterocycles. The summed E-state index contributed by atoms with van der Waals surface area (Å²) in [5.74, 6) is -3.15. The molecule has 156 valence electrons. The van der Waals surface area contributed by atoms with Gasteiger partial charge in [-0.1, -0.05) is 19.9 Å². The van der Waals surface area contributed by atoms with Gasteiger partial charge in [0.05, 0.1) is 11.7 Å². The summed E-state index contributed by atoms with van der Waals surface area (Å²) >= 11 is 0. The molecule has 2 N–H and O–H groups in total. The second kappa shape index (κ2) is 6.68. The Morgan fingerprint density at radius 2 is 2.00 bits per heavy atom. The topological polar surface area (TPSA) is 102 Å². The molecular weight excluding hydrogens is 364 g/mol. The summed E-state index contributed by atoms with van der Waals surface area (Å²) in [4.78, 5) is 24.5. The van der Waals surface area contributed by atoms with Crippen LogP contribution < -0.4 is 0 Å². The van der Waals surface area contributed by atoms with Gasteiger partial charge in [-0.2, -0.15) is 0 Å². The molecule has 0 aromatic heterocycles. The molecule has 3 rings (SSSR count). The fraction of sp³-hybridized carbons (Fsp3) is 0.714. The summed E-state index contributed by atoms with van der Waals surface area (Å²) in [6, 6.07) is 0. The Bertz CT molecular complexity index is 769. The SMILES string of the molecule is CC=C(C)C(=O)OC1CCC2(O)CC3(O)OC(=O)C(C)=C3C(OC)C2(C)C1C. The Morgan fingerprint density at radius 3 is 2.57 bits per heavy atom. The molecule has 0 aromatic rings. The number of methoxy groups -OCH3 is 1. The lowest BCUT2D eigenvalue weighted by atomic mass is 9.49. The van der Waals surface area contributed by atoms with Crippen molar-refractivity contribution in [1.29, 1.82) is 0 Å². The van der Waals surface area contributed by atoms with Crippen LogP contribution in [0.4, 0.5) is 0 Å². The molecule has 0 amide bonds. The number of carbonyl (C=O) groups excluding carboxylic acids is 2. The predicted octanol–water partition coefficient (Wildman–Crippen LogP) is 2.01. The number of hydrogen-bond acceptors (Lipinski definition) is 7. The standard InChI is InChI=1S/C21H30O7/c1-7-11(2)17(22)27-14-8-9-20(24)10-21(25)15(12(3)18(23)28-21)16(26-6)19(20,5)13(14)4/h7,13-14,16,24-25H,8-10H2,1-6H3. The Kier molecular flexibility index (Phi) is 5.01. The van der Waals surface area contributed by atoms with E-state index in [9.17, 15) is 19.8 Å². The molecule has 0 saturated heterocycles. The third kappa shape index (κ3) is 2.67. The number of ether oxygens (including phenoxy) is 3. The zero-order chi connectivity index (χ0) is 21.1. The van der Waals surface area contributed by atoms with Crippen molar-refractivity contribution in [2.45, 2.75) is 77.5 Å². The van der Waals surface area contributed by atoms with Crippen LogP contribution in [0.25, 0.3) is 0 Å². The van der Waals surface area contributed by atoms with Gasteiger partial charge in [0.25, 0.3) is 0 Å². The number of hydrogen-bond donors (Lipinski definition) is 2. The maximum Gasteiger partial charge on any atom is 0.336 e. The van der Waals surface area contributed by atoms with Crippen molar-refractivity contribution in [3.05, 3.63) is 22.8 Å². The summed E-state index contributed by atoms with van der Waals surface area (Å²) in [6.07, 6.45) is 1.11. The van der Waals surface area contributed by atoms with Gasteiger partial charge in [0.1, 0.15) is 6.10 Å². The van der Waals surface area contributed by atoms with E-state index in [2.05, 4.69) is 0 Å². The third-order valence-corrected chi connectivity index (χ3v) is 7.33. The summed E-state index contributed by atoms with van der Waals surface area (Å²) in [7, 11) is 1.48. The van der Waals surface area contributed by atoms with Crippen molar-refractivity contribution in [1.82, 2.24) is 0 Å². The van der Waals surface area contributed by atoms with Gasteiger partial charge in [0.2, 0.25) is 5.79 Å². The average Bonchev–Trinajstić information content (AvgIpc) is 2.85. The molecule has 0 aromatic carbocycles. The Hall–Kier alpha value is -1.70. The van der Waals surface area contributed by atoms with E-state index >= 15 is 0 Å². The van der Waals surface area contributed by atoms with Gasteiger partial charge in [-0.3, -0.25) is 0 Å². The van der Waals surface area contributed by atoms with Crippen molar-refractivity contribution < 1.29 is 34.0 Å². The molecule has 28 heavy (non-hydrogen) atoms. The van der Waals surface area contributed by atoms with Crippen LogP contribution in [0, 0.1) is 11.3 Å². The number of allylic oxidation sites excluding steroid dienone is 1. The van der Waals surface area contributed by atoms with E-state index in [1.807, 2.05) is 13.8 Å². The quantitative estimate of drug-likeness (QED) is 0.558. The smallest absolute Gasteiger partial charge is 0.336 e. The lowest BCUT2D eigenvalue weighted by Crippen LogP contribution is -2.70. The predicted molar refractivity (Wildman–Crippen MR) is 99.9 cm³/mol. The first-order chi connectivity index (χ1) is 12.9. The number of carbonyl (C=O) groups is 2. The first kappa shape index (κ1) is 21.0. The monoisotopic (exact) mass is 394 g/mol. The van der Waals surface area contributed by atoms with E-state index in [1.54, 1.807) is 26.8 Å². The molecule has 0 radical (unpaired) electrons. The van der Waals surface area contributed by atoms with Gasteiger partial charge >= 0.3 is 11.9 Å². The fourth-order valence-electron chi connectivity index (χ4n) is 5.26. The number of esters is 2. The number of rotatable bonds is 3. The Morgan fingerprint density at radius 1 is 1.36 bits per heavy atom. The second-order valence-corrected chi connectivity index (χ2v) is 8.56. The Balaban J connectivity index is 2.04.